The molecule has 0 aromatic carbocycles. The monoisotopic (exact) mass is 258 g/mol. The predicted octanol–water partition coefficient (Wildman–Crippen LogP) is 1.17. The molecule has 0 heterocycles. The lowest BCUT2D eigenvalue weighted by Crippen LogP contribution is -2.14. The highest BCUT2D eigenvalue weighted by Gasteiger charge is 2.09. The zero-order chi connectivity index (χ0) is 13.6. The third-order valence-corrected chi connectivity index (χ3v) is 1.60. The minimum absolute atomic E-state index is 0.00802. The quantitative estimate of drug-likeness (QED) is 0.253. The maximum absolute atomic E-state index is 11.0. The highest BCUT2D eigenvalue weighted by molar-refractivity contribution is 5.72. The minimum atomic E-state index is -0.667. The van der Waals surface area contributed by atoms with Crippen LogP contribution in [0.2, 0.25) is 0 Å². The highest BCUT2D eigenvalue weighted by atomic mass is 17.2. The summed E-state index contributed by atoms with van der Waals surface area (Å²) in [7, 11) is 0. The van der Waals surface area contributed by atoms with Crippen LogP contribution in [-0.4, -0.2) is 38.4 Å². The first-order chi connectivity index (χ1) is 8.70. The molecular formula is C12H18O6. The lowest BCUT2D eigenvalue weighted by atomic mass is 10.5. The second kappa shape index (κ2) is 11.8. The Morgan fingerprint density at radius 2 is 1.22 bits per heavy atom. The van der Waals surface area contributed by atoms with Gasteiger partial charge in [-0.3, -0.25) is 0 Å². The van der Waals surface area contributed by atoms with Crippen LogP contribution in [0, 0.1) is 0 Å². The summed E-state index contributed by atoms with van der Waals surface area (Å²) in [5.74, 6) is -1.33. The molecule has 0 atom stereocenters. The summed E-state index contributed by atoms with van der Waals surface area (Å²) >= 11 is 0. The Morgan fingerprint density at radius 1 is 0.833 bits per heavy atom. The molecule has 0 saturated carbocycles. The largest absolute Gasteiger partial charge is 0.377 e. The molecule has 0 radical (unpaired) electrons. The Kier molecular flexibility index (Phi) is 10.7. The van der Waals surface area contributed by atoms with Crippen LogP contribution in [0.3, 0.4) is 0 Å². The van der Waals surface area contributed by atoms with E-state index in [0.717, 1.165) is 0 Å². The van der Waals surface area contributed by atoms with Crippen LogP contribution in [0.5, 0.6) is 0 Å². The number of rotatable bonds is 10. The summed E-state index contributed by atoms with van der Waals surface area (Å²) in [5, 5.41) is 0. The summed E-state index contributed by atoms with van der Waals surface area (Å²) in [4.78, 5) is 30.6. The fourth-order valence-electron chi connectivity index (χ4n) is 0.821. The molecule has 0 bridgehead atoms. The van der Waals surface area contributed by atoms with Gasteiger partial charge in [-0.1, -0.05) is 12.2 Å². The number of carbonyl (C=O) groups excluding carboxylic acids is 2. The number of ether oxygens (including phenoxy) is 2. The van der Waals surface area contributed by atoms with E-state index >= 15 is 0 Å². The molecule has 0 spiro atoms. The van der Waals surface area contributed by atoms with Gasteiger partial charge in [0.25, 0.3) is 0 Å². The highest BCUT2D eigenvalue weighted by Crippen LogP contribution is 1.94. The number of hydrogen-bond donors (Lipinski definition) is 0. The molecule has 0 N–H and O–H groups in total. The van der Waals surface area contributed by atoms with Crippen LogP contribution in [0.15, 0.2) is 25.3 Å². The van der Waals surface area contributed by atoms with Crippen molar-refractivity contribution >= 4 is 11.9 Å². The van der Waals surface area contributed by atoms with E-state index in [1.807, 2.05) is 0 Å². The molecule has 0 aromatic rings. The molecule has 0 rings (SSSR count). The molecule has 0 amide bonds. The van der Waals surface area contributed by atoms with Crippen molar-refractivity contribution in [2.24, 2.45) is 0 Å². The van der Waals surface area contributed by atoms with E-state index in [4.69, 9.17) is 9.47 Å². The zero-order valence-electron chi connectivity index (χ0n) is 10.3. The van der Waals surface area contributed by atoms with Gasteiger partial charge in [-0.2, -0.15) is 0 Å². The van der Waals surface area contributed by atoms with Gasteiger partial charge in [0, 0.05) is 0 Å². The van der Waals surface area contributed by atoms with Crippen molar-refractivity contribution in [2.75, 3.05) is 26.4 Å². The summed E-state index contributed by atoms with van der Waals surface area (Å²) in [5.41, 5.74) is 0. The van der Waals surface area contributed by atoms with Crippen LogP contribution in [0.1, 0.15) is 12.8 Å². The summed E-state index contributed by atoms with van der Waals surface area (Å²) in [6.45, 7) is 7.98. The average Bonchev–Trinajstić information content (AvgIpc) is 2.37. The Labute approximate surface area is 106 Å². The normalized spacial score (nSPS) is 9.56. The number of hydrogen-bond acceptors (Lipinski definition) is 6. The van der Waals surface area contributed by atoms with Gasteiger partial charge in [0.2, 0.25) is 0 Å². The fraction of sp³-hybridized carbons (Fsp3) is 0.500. The molecule has 0 unspecified atom stereocenters. The van der Waals surface area contributed by atoms with Gasteiger partial charge >= 0.3 is 11.9 Å². The van der Waals surface area contributed by atoms with E-state index in [-0.39, 0.29) is 26.1 Å². The predicted molar refractivity (Wildman–Crippen MR) is 63.5 cm³/mol. The van der Waals surface area contributed by atoms with Crippen molar-refractivity contribution in [2.45, 2.75) is 12.8 Å². The molecule has 6 nitrogen and oxygen atoms in total. The van der Waals surface area contributed by atoms with Crippen LogP contribution >= 0.6 is 0 Å². The molecule has 0 aromatic heterocycles. The maximum atomic E-state index is 11.0. The van der Waals surface area contributed by atoms with Gasteiger partial charge in [0.15, 0.2) is 0 Å². The Hall–Kier alpha value is -1.66. The lowest BCUT2D eigenvalue weighted by Gasteiger charge is -2.03. The van der Waals surface area contributed by atoms with Crippen LogP contribution in [0.25, 0.3) is 0 Å². The Bertz CT molecular complexity index is 246. The third kappa shape index (κ3) is 10.8. The molecule has 0 aliphatic carbocycles. The molecule has 0 aliphatic heterocycles. The number of carbonyl (C=O) groups is 2. The second-order valence-corrected chi connectivity index (χ2v) is 3.14. The first-order valence-corrected chi connectivity index (χ1v) is 5.48. The van der Waals surface area contributed by atoms with E-state index in [2.05, 4.69) is 22.9 Å². The van der Waals surface area contributed by atoms with Gasteiger partial charge in [0.1, 0.15) is 0 Å². The SMILES string of the molecule is C=CCOCCC(=O)OOC(=O)CCOCC=C. The Morgan fingerprint density at radius 3 is 1.56 bits per heavy atom. The molecule has 0 aliphatic rings. The lowest BCUT2D eigenvalue weighted by molar-refractivity contribution is -0.260. The van der Waals surface area contributed by atoms with Crippen molar-refractivity contribution in [1.29, 1.82) is 0 Å². The summed E-state index contributed by atoms with van der Waals surface area (Å²) in [6.07, 6.45) is 3.14. The summed E-state index contributed by atoms with van der Waals surface area (Å²) in [6, 6.07) is 0. The Balaban J connectivity index is 3.44. The van der Waals surface area contributed by atoms with Crippen molar-refractivity contribution in [1.82, 2.24) is 0 Å². The third-order valence-electron chi connectivity index (χ3n) is 1.60. The van der Waals surface area contributed by atoms with Crippen molar-refractivity contribution in [3.8, 4) is 0 Å². The van der Waals surface area contributed by atoms with E-state index in [1.165, 1.54) is 0 Å². The van der Waals surface area contributed by atoms with Crippen molar-refractivity contribution < 1.29 is 28.8 Å². The van der Waals surface area contributed by atoms with E-state index in [9.17, 15) is 9.59 Å². The van der Waals surface area contributed by atoms with Crippen LogP contribution < -0.4 is 0 Å². The fourth-order valence-corrected chi connectivity index (χ4v) is 0.821. The molecule has 0 saturated heterocycles. The van der Waals surface area contributed by atoms with Crippen LogP contribution in [0.4, 0.5) is 0 Å². The van der Waals surface area contributed by atoms with Gasteiger partial charge in [0.05, 0.1) is 39.3 Å². The van der Waals surface area contributed by atoms with E-state index < -0.39 is 11.9 Å². The second-order valence-electron chi connectivity index (χ2n) is 3.14. The van der Waals surface area contributed by atoms with Gasteiger partial charge in [-0.25, -0.2) is 19.4 Å². The smallest absolute Gasteiger partial charge is 0.357 e. The molecule has 0 fully saturated rings. The topological polar surface area (TPSA) is 71.1 Å². The molecule has 6 heteroatoms. The van der Waals surface area contributed by atoms with Gasteiger partial charge < -0.3 is 9.47 Å². The maximum Gasteiger partial charge on any atom is 0.357 e. The van der Waals surface area contributed by atoms with E-state index in [1.54, 1.807) is 12.2 Å². The average molecular weight is 258 g/mol. The van der Waals surface area contributed by atoms with Crippen molar-refractivity contribution in [3.05, 3.63) is 25.3 Å². The standard InChI is InChI=1S/C12H18O6/c1-3-7-15-9-5-11(13)17-18-12(14)6-10-16-8-4-2/h3-4H,1-2,5-10H2. The molecule has 18 heavy (non-hydrogen) atoms. The molecule has 102 valence electrons. The zero-order valence-corrected chi connectivity index (χ0v) is 10.3. The first kappa shape index (κ1) is 16.3. The summed E-state index contributed by atoms with van der Waals surface area (Å²) < 4.78 is 9.93. The van der Waals surface area contributed by atoms with E-state index in [0.29, 0.717) is 13.2 Å². The van der Waals surface area contributed by atoms with Crippen molar-refractivity contribution in [3.63, 3.8) is 0 Å². The van der Waals surface area contributed by atoms with Gasteiger partial charge in [-0.15, -0.1) is 13.2 Å². The van der Waals surface area contributed by atoms with Gasteiger partial charge in [-0.05, 0) is 0 Å². The molecular weight excluding hydrogens is 240 g/mol. The van der Waals surface area contributed by atoms with Crippen LogP contribution in [-0.2, 0) is 28.8 Å². The first-order valence-electron chi connectivity index (χ1n) is 5.48. The minimum Gasteiger partial charge on any atom is -0.377 e.